The lowest BCUT2D eigenvalue weighted by atomic mass is 10.0. The van der Waals surface area contributed by atoms with Gasteiger partial charge in [-0.1, -0.05) is 30.3 Å². The van der Waals surface area contributed by atoms with E-state index in [1.807, 2.05) is 0 Å². The van der Waals surface area contributed by atoms with Crippen molar-refractivity contribution < 1.29 is 22.7 Å². The van der Waals surface area contributed by atoms with Crippen LogP contribution in [0.1, 0.15) is 16.7 Å². The summed E-state index contributed by atoms with van der Waals surface area (Å²) in [5.74, 6) is -0.216. The van der Waals surface area contributed by atoms with Gasteiger partial charge in [0.15, 0.2) is 6.10 Å². The number of hydrogen-bond donors (Lipinski definition) is 1. The summed E-state index contributed by atoms with van der Waals surface area (Å²) in [4.78, 5) is 18.7. The minimum Gasteiger partial charge on any atom is -0.462 e. The van der Waals surface area contributed by atoms with Gasteiger partial charge in [0.25, 0.3) is 5.91 Å². The number of ether oxygens (including phenoxy) is 1. The van der Waals surface area contributed by atoms with Crippen LogP contribution >= 0.6 is 0 Å². The maximum atomic E-state index is 13.4. The van der Waals surface area contributed by atoms with Crippen LogP contribution in [0.3, 0.4) is 0 Å². The van der Waals surface area contributed by atoms with Gasteiger partial charge in [0, 0.05) is 18.3 Å². The fourth-order valence-corrected chi connectivity index (χ4v) is 3.42. The first-order valence-electron chi connectivity index (χ1n) is 9.25. The molecule has 1 atom stereocenters. The second kappa shape index (κ2) is 7.70. The number of pyridine rings is 1. The Morgan fingerprint density at radius 1 is 1.03 bits per heavy atom. The largest absolute Gasteiger partial charge is 0.462 e. The van der Waals surface area contributed by atoms with Crippen molar-refractivity contribution in [1.82, 2.24) is 4.98 Å². The molecule has 0 spiro atoms. The highest BCUT2D eigenvalue weighted by atomic mass is 19.4. The van der Waals surface area contributed by atoms with Gasteiger partial charge in [0.2, 0.25) is 5.88 Å². The van der Waals surface area contributed by atoms with Gasteiger partial charge in [-0.15, -0.1) is 0 Å². The smallest absolute Gasteiger partial charge is 0.416 e. The molecule has 2 heterocycles. The topological polar surface area (TPSA) is 68.5 Å². The first-order chi connectivity index (χ1) is 14.3. The van der Waals surface area contributed by atoms with E-state index in [0.717, 1.165) is 11.6 Å². The Kier molecular flexibility index (Phi) is 5.07. The van der Waals surface area contributed by atoms with Crippen molar-refractivity contribution >= 4 is 17.3 Å². The first kappa shape index (κ1) is 19.8. The number of carbonyl (C=O) groups excluding carboxylic acids is 1. The zero-order valence-electron chi connectivity index (χ0n) is 15.8. The Hall–Kier alpha value is -3.55. The molecule has 1 aliphatic rings. The minimum atomic E-state index is -4.52. The maximum Gasteiger partial charge on any atom is 0.416 e. The summed E-state index contributed by atoms with van der Waals surface area (Å²) in [5.41, 5.74) is 6.67. The Morgan fingerprint density at radius 3 is 2.50 bits per heavy atom. The third-order valence-corrected chi connectivity index (χ3v) is 4.89. The van der Waals surface area contributed by atoms with Crippen molar-refractivity contribution in [3.8, 4) is 5.88 Å². The summed E-state index contributed by atoms with van der Waals surface area (Å²) in [6.45, 7) is -0.241. The minimum absolute atomic E-state index is 0.00119. The third kappa shape index (κ3) is 3.94. The zero-order chi connectivity index (χ0) is 21.3. The fraction of sp³-hybridized carbons (Fsp3) is 0.182. The third-order valence-electron chi connectivity index (χ3n) is 4.89. The molecule has 1 aliphatic heterocycles. The normalized spacial score (nSPS) is 16.2. The molecule has 2 aromatic carbocycles. The van der Waals surface area contributed by atoms with E-state index in [1.54, 1.807) is 36.4 Å². The lowest BCUT2D eigenvalue weighted by Crippen LogP contribution is -2.47. The van der Waals surface area contributed by atoms with Gasteiger partial charge in [0.05, 0.1) is 12.1 Å². The molecule has 4 rings (SSSR count). The number of amides is 1. The lowest BCUT2D eigenvalue weighted by Gasteiger charge is -2.34. The van der Waals surface area contributed by atoms with Gasteiger partial charge in [0.1, 0.15) is 5.69 Å². The number of nitrogens with two attached hydrogens (primary N) is 1. The van der Waals surface area contributed by atoms with Gasteiger partial charge in [-0.3, -0.25) is 9.69 Å². The predicted molar refractivity (Wildman–Crippen MR) is 106 cm³/mol. The molecule has 3 aromatic rings. The van der Waals surface area contributed by atoms with Crippen molar-refractivity contribution in [2.24, 2.45) is 0 Å². The molecule has 0 saturated carbocycles. The molecule has 30 heavy (non-hydrogen) atoms. The molecule has 154 valence electrons. The van der Waals surface area contributed by atoms with E-state index < -0.39 is 23.8 Å². The quantitative estimate of drug-likeness (QED) is 0.651. The highest BCUT2D eigenvalue weighted by molar-refractivity contribution is 5.99. The van der Waals surface area contributed by atoms with E-state index >= 15 is 0 Å². The molecule has 0 aliphatic carbocycles. The number of alkyl halides is 3. The molecule has 1 unspecified atom stereocenters. The molecule has 1 aromatic heterocycles. The van der Waals surface area contributed by atoms with Crippen molar-refractivity contribution in [2.75, 3.05) is 10.6 Å². The number of hydrogen-bond acceptors (Lipinski definition) is 4. The molecular formula is C22H18F3N3O2. The standard InChI is InChI=1S/C22H18F3N3O2/c23-22(24,25)17-5-2-1-4-15(17)13-28-18-6-3-11-27-20(18)30-19(21(28)29)12-14-7-9-16(26)10-8-14/h1-11,19H,12-13,26H2. The Morgan fingerprint density at radius 2 is 1.77 bits per heavy atom. The summed E-state index contributed by atoms with van der Waals surface area (Å²) >= 11 is 0. The van der Waals surface area contributed by atoms with Crippen molar-refractivity contribution in [2.45, 2.75) is 25.2 Å². The van der Waals surface area contributed by atoms with Gasteiger partial charge in [-0.2, -0.15) is 13.2 Å². The van der Waals surface area contributed by atoms with Crippen LogP contribution in [-0.2, 0) is 23.9 Å². The number of halogens is 3. The number of benzene rings is 2. The van der Waals surface area contributed by atoms with E-state index in [1.165, 1.54) is 29.3 Å². The highest BCUT2D eigenvalue weighted by Crippen LogP contribution is 2.37. The molecule has 0 bridgehead atoms. The number of aromatic nitrogens is 1. The Balaban J connectivity index is 1.68. The molecular weight excluding hydrogens is 395 g/mol. The van der Waals surface area contributed by atoms with Crippen molar-refractivity contribution in [3.05, 3.63) is 83.6 Å². The SMILES string of the molecule is Nc1ccc(CC2Oc3ncccc3N(Cc3ccccc3C(F)(F)F)C2=O)cc1. The van der Waals surface area contributed by atoms with Crippen LogP contribution in [0, 0.1) is 0 Å². The lowest BCUT2D eigenvalue weighted by molar-refractivity contribution is -0.138. The van der Waals surface area contributed by atoms with Gasteiger partial charge in [-0.25, -0.2) is 4.98 Å². The second-order valence-electron chi connectivity index (χ2n) is 6.96. The number of nitrogen functional groups attached to an aromatic ring is 1. The summed E-state index contributed by atoms with van der Waals surface area (Å²) in [6, 6.07) is 15.4. The number of nitrogens with zero attached hydrogens (tertiary/aromatic N) is 2. The molecule has 2 N–H and O–H groups in total. The summed E-state index contributed by atoms with van der Waals surface area (Å²) in [6.07, 6.45) is -3.68. The van der Waals surface area contributed by atoms with Crippen LogP contribution in [0.25, 0.3) is 0 Å². The number of carbonyl (C=O) groups is 1. The van der Waals surface area contributed by atoms with Crippen molar-refractivity contribution in [3.63, 3.8) is 0 Å². The van der Waals surface area contributed by atoms with E-state index in [2.05, 4.69) is 4.98 Å². The molecule has 5 nitrogen and oxygen atoms in total. The molecule has 0 saturated heterocycles. The fourth-order valence-electron chi connectivity index (χ4n) is 3.42. The van der Waals surface area contributed by atoms with Gasteiger partial charge < -0.3 is 10.5 Å². The number of anilines is 2. The molecule has 1 amide bonds. The number of fused-ring (bicyclic) bond motifs is 1. The zero-order valence-corrected chi connectivity index (χ0v) is 15.8. The first-order valence-corrected chi connectivity index (χ1v) is 9.25. The van der Waals surface area contributed by atoms with E-state index in [-0.39, 0.29) is 24.4 Å². The summed E-state index contributed by atoms with van der Waals surface area (Å²) in [7, 11) is 0. The van der Waals surface area contributed by atoms with Crippen LogP contribution in [0.15, 0.2) is 66.9 Å². The average Bonchev–Trinajstić information content (AvgIpc) is 2.72. The summed E-state index contributed by atoms with van der Waals surface area (Å²) < 4.78 is 46.1. The molecule has 8 heteroatoms. The van der Waals surface area contributed by atoms with Crippen molar-refractivity contribution in [1.29, 1.82) is 0 Å². The second-order valence-corrected chi connectivity index (χ2v) is 6.96. The Bertz CT molecular complexity index is 1070. The van der Waals surface area contributed by atoms with Crippen LogP contribution in [0.5, 0.6) is 5.88 Å². The predicted octanol–water partition coefficient (Wildman–Crippen LogP) is 4.22. The van der Waals surface area contributed by atoms with E-state index in [9.17, 15) is 18.0 Å². The highest BCUT2D eigenvalue weighted by Gasteiger charge is 2.38. The molecule has 0 radical (unpaired) electrons. The maximum absolute atomic E-state index is 13.4. The van der Waals surface area contributed by atoms with Crippen LogP contribution in [-0.4, -0.2) is 17.0 Å². The van der Waals surface area contributed by atoms with Gasteiger partial charge >= 0.3 is 6.18 Å². The monoisotopic (exact) mass is 413 g/mol. The van der Waals surface area contributed by atoms with Crippen LogP contribution in [0.4, 0.5) is 24.5 Å². The molecule has 0 fully saturated rings. The Labute approximate surface area is 170 Å². The van der Waals surface area contributed by atoms with Gasteiger partial charge in [-0.05, 0) is 41.5 Å². The van der Waals surface area contributed by atoms with E-state index in [4.69, 9.17) is 10.5 Å². The van der Waals surface area contributed by atoms with Crippen LogP contribution < -0.4 is 15.4 Å². The number of rotatable bonds is 4. The average molecular weight is 413 g/mol. The summed E-state index contributed by atoms with van der Waals surface area (Å²) in [5, 5.41) is 0. The van der Waals surface area contributed by atoms with E-state index in [0.29, 0.717) is 11.4 Å². The van der Waals surface area contributed by atoms with Crippen LogP contribution in [0.2, 0.25) is 0 Å².